The molecule has 0 atom stereocenters. The van der Waals surface area contributed by atoms with Crippen molar-refractivity contribution in [3.05, 3.63) is 42.5 Å². The molecule has 104 valence electrons. The van der Waals surface area contributed by atoms with E-state index < -0.39 is 0 Å². The largest absolute Gasteiger partial charge is 0.380 e. The highest BCUT2D eigenvalue weighted by Crippen LogP contribution is 2.19. The van der Waals surface area contributed by atoms with Crippen molar-refractivity contribution in [2.45, 2.75) is 26.4 Å². The number of hydrogen-bond acceptors (Lipinski definition) is 3. The molecule has 5 heteroatoms. The number of nitrogens with zero attached hydrogens (tertiary/aromatic N) is 4. The molecule has 0 aliphatic rings. The lowest BCUT2D eigenvalue weighted by atomic mass is 10.3. The predicted octanol–water partition coefficient (Wildman–Crippen LogP) is 2.96. The van der Waals surface area contributed by atoms with E-state index in [4.69, 9.17) is 0 Å². The summed E-state index contributed by atoms with van der Waals surface area (Å²) in [4.78, 5) is 4.51. The molecule has 1 N–H and O–H groups in total. The minimum Gasteiger partial charge on any atom is -0.380 e. The van der Waals surface area contributed by atoms with E-state index in [1.54, 1.807) is 0 Å². The van der Waals surface area contributed by atoms with E-state index in [2.05, 4.69) is 47.6 Å². The first-order valence-electron chi connectivity index (χ1n) is 6.81. The Morgan fingerprint density at radius 2 is 2.15 bits per heavy atom. The van der Waals surface area contributed by atoms with Crippen molar-refractivity contribution in [3.8, 4) is 0 Å². The fourth-order valence-electron chi connectivity index (χ4n) is 2.28. The maximum absolute atomic E-state index is 4.51. The fraction of sp³-hybridized carbons (Fsp3) is 0.333. The lowest BCUT2D eigenvalue weighted by Crippen LogP contribution is -2.04. The lowest BCUT2D eigenvalue weighted by Gasteiger charge is -2.07. The van der Waals surface area contributed by atoms with Crippen LogP contribution >= 0.6 is 0 Å². The molecule has 3 heterocycles. The van der Waals surface area contributed by atoms with Gasteiger partial charge in [-0.05, 0) is 31.5 Å². The van der Waals surface area contributed by atoms with Gasteiger partial charge in [-0.3, -0.25) is 0 Å². The minimum atomic E-state index is 0.322. The normalized spacial score (nSPS) is 11.4. The third kappa shape index (κ3) is 2.39. The van der Waals surface area contributed by atoms with Crippen LogP contribution in [0.3, 0.4) is 0 Å². The number of aromatic nitrogens is 4. The van der Waals surface area contributed by atoms with Crippen molar-refractivity contribution >= 4 is 16.7 Å². The molecule has 0 aromatic carbocycles. The van der Waals surface area contributed by atoms with Crippen LogP contribution in [0.1, 0.15) is 25.5 Å². The fourth-order valence-corrected chi connectivity index (χ4v) is 2.28. The van der Waals surface area contributed by atoms with Crippen molar-refractivity contribution in [2.24, 2.45) is 7.05 Å². The Kier molecular flexibility index (Phi) is 3.18. The van der Waals surface area contributed by atoms with Crippen molar-refractivity contribution in [1.82, 2.24) is 19.3 Å². The Hall–Kier alpha value is -2.30. The van der Waals surface area contributed by atoms with E-state index in [-0.39, 0.29) is 0 Å². The monoisotopic (exact) mass is 269 g/mol. The molecule has 0 amide bonds. The zero-order valence-corrected chi connectivity index (χ0v) is 12.0. The maximum Gasteiger partial charge on any atom is 0.158 e. The maximum atomic E-state index is 4.51. The van der Waals surface area contributed by atoms with Crippen LogP contribution in [0.15, 0.2) is 36.9 Å². The van der Waals surface area contributed by atoms with E-state index in [1.165, 1.54) is 5.56 Å². The summed E-state index contributed by atoms with van der Waals surface area (Å²) in [5.41, 5.74) is 3.21. The smallest absolute Gasteiger partial charge is 0.158 e. The number of pyridine rings is 1. The number of aryl methyl sites for hydroxylation is 1. The van der Waals surface area contributed by atoms with Gasteiger partial charge < -0.3 is 9.88 Å². The lowest BCUT2D eigenvalue weighted by molar-refractivity contribution is 0.546. The average molecular weight is 269 g/mol. The molecule has 3 rings (SSSR count). The van der Waals surface area contributed by atoms with Crippen molar-refractivity contribution in [3.63, 3.8) is 0 Å². The number of anilines is 1. The third-order valence-electron chi connectivity index (χ3n) is 3.31. The Balaban J connectivity index is 1.79. The molecule has 5 nitrogen and oxygen atoms in total. The summed E-state index contributed by atoms with van der Waals surface area (Å²) in [7, 11) is 2.03. The summed E-state index contributed by atoms with van der Waals surface area (Å²) in [6.07, 6.45) is 7.89. The first kappa shape index (κ1) is 12.7. The van der Waals surface area contributed by atoms with Gasteiger partial charge in [0.15, 0.2) is 5.65 Å². The van der Waals surface area contributed by atoms with Crippen LogP contribution in [0.2, 0.25) is 0 Å². The summed E-state index contributed by atoms with van der Waals surface area (Å²) < 4.78 is 3.99. The van der Waals surface area contributed by atoms with Crippen molar-refractivity contribution in [2.75, 3.05) is 5.32 Å². The number of fused-ring (bicyclic) bond motifs is 1. The van der Waals surface area contributed by atoms with Gasteiger partial charge in [-0.25, -0.2) is 9.67 Å². The van der Waals surface area contributed by atoms with E-state index in [9.17, 15) is 0 Å². The Labute approximate surface area is 118 Å². The molecule has 0 radical (unpaired) electrons. The van der Waals surface area contributed by atoms with Gasteiger partial charge in [-0.1, -0.05) is 0 Å². The van der Waals surface area contributed by atoms with Crippen LogP contribution in [0.5, 0.6) is 0 Å². The molecule has 0 aliphatic heterocycles. The topological polar surface area (TPSA) is 47.7 Å². The second kappa shape index (κ2) is 5.00. The summed E-state index contributed by atoms with van der Waals surface area (Å²) in [5, 5.41) is 8.84. The molecule has 0 fully saturated rings. The minimum absolute atomic E-state index is 0.322. The van der Waals surface area contributed by atoms with E-state index in [0.29, 0.717) is 6.04 Å². The standard InChI is InChI=1S/C15H19N5/c1-11(2)20-15-13(8-18-20)6-14(9-17-15)16-7-12-4-5-19(3)10-12/h4-6,8-11,16H,7H2,1-3H3. The molecule has 0 spiro atoms. The third-order valence-corrected chi connectivity index (χ3v) is 3.31. The highest BCUT2D eigenvalue weighted by atomic mass is 15.3. The molecule has 3 aromatic rings. The first-order valence-corrected chi connectivity index (χ1v) is 6.81. The van der Waals surface area contributed by atoms with E-state index in [0.717, 1.165) is 23.3 Å². The van der Waals surface area contributed by atoms with Crippen molar-refractivity contribution < 1.29 is 0 Å². The summed E-state index contributed by atoms with van der Waals surface area (Å²) in [6, 6.07) is 4.52. The van der Waals surface area contributed by atoms with Crippen LogP contribution in [-0.4, -0.2) is 19.3 Å². The first-order chi connectivity index (χ1) is 9.63. The Morgan fingerprint density at radius 1 is 1.30 bits per heavy atom. The van der Waals surface area contributed by atoms with Gasteiger partial charge in [0.25, 0.3) is 0 Å². The molecule has 0 saturated carbocycles. The molecule has 0 bridgehead atoms. The highest BCUT2D eigenvalue weighted by Gasteiger charge is 2.07. The molecular weight excluding hydrogens is 250 g/mol. The molecule has 20 heavy (non-hydrogen) atoms. The van der Waals surface area contributed by atoms with Crippen LogP contribution < -0.4 is 5.32 Å². The second-order valence-corrected chi connectivity index (χ2v) is 5.36. The molecular formula is C15H19N5. The number of hydrogen-bond donors (Lipinski definition) is 1. The molecule has 3 aromatic heterocycles. The van der Waals surface area contributed by atoms with Gasteiger partial charge in [0.2, 0.25) is 0 Å². The highest BCUT2D eigenvalue weighted by molar-refractivity contribution is 5.78. The molecule has 0 aliphatic carbocycles. The van der Waals surface area contributed by atoms with Gasteiger partial charge in [0.05, 0.1) is 18.1 Å². The predicted molar refractivity (Wildman–Crippen MR) is 80.7 cm³/mol. The zero-order chi connectivity index (χ0) is 14.1. The van der Waals surface area contributed by atoms with Gasteiger partial charge in [0, 0.05) is 37.4 Å². The molecule has 0 unspecified atom stereocenters. The van der Waals surface area contributed by atoms with Crippen molar-refractivity contribution in [1.29, 1.82) is 0 Å². The van der Waals surface area contributed by atoms with Crippen LogP contribution in [0.4, 0.5) is 5.69 Å². The van der Waals surface area contributed by atoms with Crippen LogP contribution in [-0.2, 0) is 13.6 Å². The van der Waals surface area contributed by atoms with E-state index >= 15 is 0 Å². The summed E-state index contributed by atoms with van der Waals surface area (Å²) in [6.45, 7) is 5.01. The van der Waals surface area contributed by atoms with Crippen LogP contribution in [0.25, 0.3) is 11.0 Å². The summed E-state index contributed by atoms with van der Waals surface area (Å²) >= 11 is 0. The number of rotatable bonds is 4. The average Bonchev–Trinajstić information content (AvgIpc) is 3.01. The van der Waals surface area contributed by atoms with Crippen LogP contribution in [0, 0.1) is 0 Å². The zero-order valence-electron chi connectivity index (χ0n) is 12.0. The summed E-state index contributed by atoms with van der Waals surface area (Å²) in [5.74, 6) is 0. The van der Waals surface area contributed by atoms with Gasteiger partial charge in [0.1, 0.15) is 0 Å². The number of nitrogens with one attached hydrogen (secondary N) is 1. The Morgan fingerprint density at radius 3 is 2.85 bits per heavy atom. The van der Waals surface area contributed by atoms with Gasteiger partial charge >= 0.3 is 0 Å². The van der Waals surface area contributed by atoms with E-state index in [1.807, 2.05) is 34.9 Å². The SMILES string of the molecule is CC(C)n1ncc2cc(NCc3ccn(C)c3)cnc21. The Bertz CT molecular complexity index is 723. The quantitative estimate of drug-likeness (QED) is 0.792. The molecule has 0 saturated heterocycles. The van der Waals surface area contributed by atoms with Gasteiger partial charge in [-0.2, -0.15) is 5.10 Å². The second-order valence-electron chi connectivity index (χ2n) is 5.36. The van der Waals surface area contributed by atoms with Gasteiger partial charge in [-0.15, -0.1) is 0 Å².